The summed E-state index contributed by atoms with van der Waals surface area (Å²) in [5, 5.41) is 3.09. The smallest absolute Gasteiger partial charge is 0.225 e. The molecule has 4 heteroatoms. The number of pyridine rings is 1. The Kier molecular flexibility index (Phi) is 5.17. The van der Waals surface area contributed by atoms with Crippen molar-refractivity contribution in [1.29, 1.82) is 0 Å². The van der Waals surface area contributed by atoms with E-state index >= 15 is 0 Å². The summed E-state index contributed by atoms with van der Waals surface area (Å²) in [5.41, 5.74) is 5.02. The van der Waals surface area contributed by atoms with Gasteiger partial charge in [-0.05, 0) is 38.0 Å². The maximum absolute atomic E-state index is 12.4. The largest absolute Gasteiger partial charge is 0.310 e. The molecule has 0 aliphatic rings. The fourth-order valence-electron chi connectivity index (χ4n) is 2.91. The summed E-state index contributed by atoms with van der Waals surface area (Å²) in [4.78, 5) is 17.2. The van der Waals surface area contributed by atoms with Crippen molar-refractivity contribution in [3.8, 4) is 11.3 Å². The van der Waals surface area contributed by atoms with Gasteiger partial charge < -0.3 is 5.32 Å². The number of anilines is 1. The van der Waals surface area contributed by atoms with Crippen LogP contribution in [0, 0.1) is 13.8 Å². The van der Waals surface area contributed by atoms with Crippen LogP contribution in [-0.2, 0) is 4.79 Å². The van der Waals surface area contributed by atoms with Gasteiger partial charge in [0.25, 0.3) is 0 Å². The second kappa shape index (κ2) is 7.51. The summed E-state index contributed by atoms with van der Waals surface area (Å²) in [6, 6.07) is 12.3. The lowest BCUT2D eigenvalue weighted by Gasteiger charge is -2.08. The van der Waals surface area contributed by atoms with Gasteiger partial charge in [0, 0.05) is 18.2 Å². The van der Waals surface area contributed by atoms with Crippen LogP contribution in [0.4, 0.5) is 5.82 Å². The molecule has 2 aromatic heterocycles. The molecule has 2 heterocycles. The van der Waals surface area contributed by atoms with Crippen LogP contribution in [-0.4, -0.2) is 15.3 Å². The first kappa shape index (κ1) is 17.2. The SMILES string of the molecule is CCCCCC(=O)Nc1c(-c2ccc(C)cc2)nc2cc(C)ccn12. The lowest BCUT2D eigenvalue weighted by atomic mass is 10.1. The first-order chi connectivity index (χ1) is 12.1. The summed E-state index contributed by atoms with van der Waals surface area (Å²) in [6.07, 6.45) is 5.61. The molecule has 0 aliphatic heterocycles. The Labute approximate surface area is 148 Å². The number of aryl methyl sites for hydroxylation is 2. The number of amides is 1. The van der Waals surface area contributed by atoms with Crippen LogP contribution in [0.5, 0.6) is 0 Å². The van der Waals surface area contributed by atoms with Gasteiger partial charge >= 0.3 is 0 Å². The zero-order valence-electron chi connectivity index (χ0n) is 15.2. The Bertz CT molecular complexity index is 878. The third-order valence-corrected chi connectivity index (χ3v) is 4.37. The Morgan fingerprint density at radius 3 is 2.56 bits per heavy atom. The second-order valence-corrected chi connectivity index (χ2v) is 6.61. The third kappa shape index (κ3) is 3.90. The first-order valence-electron chi connectivity index (χ1n) is 8.94. The first-order valence-corrected chi connectivity index (χ1v) is 8.94. The van der Waals surface area contributed by atoms with Crippen molar-refractivity contribution in [1.82, 2.24) is 9.38 Å². The normalized spacial score (nSPS) is 11.0. The number of nitrogens with one attached hydrogen (secondary N) is 1. The van der Waals surface area contributed by atoms with E-state index in [-0.39, 0.29) is 5.91 Å². The van der Waals surface area contributed by atoms with Crippen LogP contribution >= 0.6 is 0 Å². The molecule has 0 aliphatic carbocycles. The number of carbonyl (C=O) groups is 1. The molecule has 0 saturated heterocycles. The molecule has 1 aromatic carbocycles. The van der Waals surface area contributed by atoms with Gasteiger partial charge in [0.05, 0.1) is 0 Å². The predicted octanol–water partition coefficient (Wildman–Crippen LogP) is 5.14. The van der Waals surface area contributed by atoms with E-state index in [9.17, 15) is 4.79 Å². The number of fused-ring (bicyclic) bond motifs is 1. The maximum Gasteiger partial charge on any atom is 0.225 e. The molecular weight excluding hydrogens is 310 g/mol. The van der Waals surface area contributed by atoms with Crippen molar-refractivity contribution < 1.29 is 4.79 Å². The van der Waals surface area contributed by atoms with Crippen LogP contribution in [0.2, 0.25) is 0 Å². The number of rotatable bonds is 6. The van der Waals surface area contributed by atoms with E-state index in [1.165, 1.54) is 5.56 Å². The van der Waals surface area contributed by atoms with Gasteiger partial charge in [-0.25, -0.2) is 4.98 Å². The lowest BCUT2D eigenvalue weighted by molar-refractivity contribution is -0.116. The summed E-state index contributed by atoms with van der Waals surface area (Å²) in [6.45, 7) is 6.25. The van der Waals surface area contributed by atoms with E-state index in [4.69, 9.17) is 4.98 Å². The number of benzene rings is 1. The molecule has 3 rings (SSSR count). The van der Waals surface area contributed by atoms with E-state index in [0.29, 0.717) is 6.42 Å². The topological polar surface area (TPSA) is 46.4 Å². The average molecular weight is 335 g/mol. The Morgan fingerprint density at radius 2 is 1.84 bits per heavy atom. The van der Waals surface area contributed by atoms with Crippen LogP contribution in [0.25, 0.3) is 16.9 Å². The van der Waals surface area contributed by atoms with E-state index in [1.54, 1.807) is 0 Å². The van der Waals surface area contributed by atoms with Crippen molar-refractivity contribution in [3.63, 3.8) is 0 Å². The molecule has 4 nitrogen and oxygen atoms in total. The minimum atomic E-state index is 0.0455. The van der Waals surface area contributed by atoms with Crippen LogP contribution in [0.15, 0.2) is 42.6 Å². The van der Waals surface area contributed by atoms with Crippen LogP contribution < -0.4 is 5.32 Å². The van der Waals surface area contributed by atoms with Gasteiger partial charge in [0.15, 0.2) is 0 Å². The number of carbonyl (C=O) groups excluding carboxylic acids is 1. The van der Waals surface area contributed by atoms with Gasteiger partial charge in [0.2, 0.25) is 5.91 Å². The molecule has 3 aromatic rings. The minimum Gasteiger partial charge on any atom is -0.310 e. The van der Waals surface area contributed by atoms with Gasteiger partial charge in [-0.1, -0.05) is 49.6 Å². The highest BCUT2D eigenvalue weighted by Gasteiger charge is 2.16. The quantitative estimate of drug-likeness (QED) is 0.634. The van der Waals surface area contributed by atoms with E-state index in [1.807, 2.05) is 29.7 Å². The zero-order chi connectivity index (χ0) is 17.8. The van der Waals surface area contributed by atoms with Crippen molar-refractivity contribution in [3.05, 3.63) is 53.7 Å². The zero-order valence-corrected chi connectivity index (χ0v) is 15.2. The lowest BCUT2D eigenvalue weighted by Crippen LogP contribution is -2.13. The van der Waals surface area contributed by atoms with Crippen LogP contribution in [0.1, 0.15) is 43.7 Å². The highest BCUT2D eigenvalue weighted by Crippen LogP contribution is 2.29. The molecule has 0 saturated carbocycles. The van der Waals surface area contributed by atoms with E-state index in [0.717, 1.165) is 47.5 Å². The molecule has 25 heavy (non-hydrogen) atoms. The van der Waals surface area contributed by atoms with Gasteiger partial charge in [-0.15, -0.1) is 0 Å². The van der Waals surface area contributed by atoms with Crippen molar-refractivity contribution >= 4 is 17.4 Å². The monoisotopic (exact) mass is 335 g/mol. The summed E-state index contributed by atoms with van der Waals surface area (Å²) < 4.78 is 1.96. The predicted molar refractivity (Wildman–Crippen MR) is 103 cm³/mol. The number of hydrogen-bond acceptors (Lipinski definition) is 2. The molecule has 0 unspecified atom stereocenters. The fraction of sp³-hybridized carbons (Fsp3) is 0.333. The number of nitrogens with zero attached hydrogens (tertiary/aromatic N) is 2. The van der Waals surface area contributed by atoms with Crippen molar-refractivity contribution in [2.24, 2.45) is 0 Å². The Hall–Kier alpha value is -2.62. The highest BCUT2D eigenvalue weighted by molar-refractivity contribution is 5.94. The third-order valence-electron chi connectivity index (χ3n) is 4.37. The standard InChI is InChI=1S/C21H25N3O/c1-4-5-6-7-19(25)23-21-20(17-10-8-15(2)9-11-17)22-18-14-16(3)12-13-24(18)21/h8-14H,4-7H2,1-3H3,(H,23,25). The summed E-state index contributed by atoms with van der Waals surface area (Å²) in [5.74, 6) is 0.796. The second-order valence-electron chi connectivity index (χ2n) is 6.61. The number of imidazole rings is 1. The van der Waals surface area contributed by atoms with Gasteiger partial charge in [0.1, 0.15) is 17.2 Å². The van der Waals surface area contributed by atoms with Gasteiger partial charge in [-0.3, -0.25) is 9.20 Å². The van der Waals surface area contributed by atoms with E-state index in [2.05, 4.69) is 43.4 Å². The average Bonchev–Trinajstić information content (AvgIpc) is 2.93. The molecule has 0 bridgehead atoms. The molecule has 0 spiro atoms. The van der Waals surface area contributed by atoms with E-state index < -0.39 is 0 Å². The molecular formula is C21H25N3O. The number of aromatic nitrogens is 2. The minimum absolute atomic E-state index is 0.0455. The molecule has 0 fully saturated rings. The Morgan fingerprint density at radius 1 is 1.08 bits per heavy atom. The molecule has 130 valence electrons. The van der Waals surface area contributed by atoms with Gasteiger partial charge in [-0.2, -0.15) is 0 Å². The molecule has 1 N–H and O–H groups in total. The molecule has 0 atom stereocenters. The summed E-state index contributed by atoms with van der Waals surface area (Å²) >= 11 is 0. The van der Waals surface area contributed by atoms with Crippen molar-refractivity contribution in [2.45, 2.75) is 46.5 Å². The highest BCUT2D eigenvalue weighted by atomic mass is 16.1. The Balaban J connectivity index is 2.00. The fourth-order valence-corrected chi connectivity index (χ4v) is 2.91. The molecule has 1 amide bonds. The summed E-state index contributed by atoms with van der Waals surface area (Å²) in [7, 11) is 0. The number of unbranched alkanes of at least 4 members (excludes halogenated alkanes) is 2. The van der Waals surface area contributed by atoms with Crippen LogP contribution in [0.3, 0.4) is 0 Å². The van der Waals surface area contributed by atoms with Crippen molar-refractivity contribution in [2.75, 3.05) is 5.32 Å². The molecule has 0 radical (unpaired) electrons. The number of hydrogen-bond donors (Lipinski definition) is 1. The maximum atomic E-state index is 12.4.